The second-order valence-corrected chi connectivity index (χ2v) is 6.67. The zero-order valence-electron chi connectivity index (χ0n) is 16.1. The van der Waals surface area contributed by atoms with Gasteiger partial charge in [0, 0.05) is 5.69 Å². The Morgan fingerprint density at radius 2 is 1.83 bits per heavy atom. The average Bonchev–Trinajstić information content (AvgIpc) is 3.32. The van der Waals surface area contributed by atoms with E-state index in [1.165, 1.54) is 34.3 Å². The van der Waals surface area contributed by atoms with Gasteiger partial charge in [0.25, 0.3) is 5.91 Å². The normalized spacial score (nSPS) is 10.9. The van der Waals surface area contributed by atoms with Gasteiger partial charge < -0.3 is 5.32 Å². The number of aryl methyl sites for hydroxylation is 3. The molecule has 2 aromatic heterocycles. The molecule has 2 aromatic carbocycles. The van der Waals surface area contributed by atoms with Crippen molar-refractivity contribution in [3.63, 3.8) is 0 Å². The number of rotatable bonds is 4. The number of carbonyl (C=O) groups excluding carboxylic acids is 1. The molecule has 0 saturated carbocycles. The molecule has 0 atom stereocenters. The SMILES string of the molecule is Cc1ccc(-n2nc(C)c(C(=O)Nc3ccc(-n4cncn4)c(F)c3)n2)c(C)c1. The first kappa shape index (κ1) is 18.5. The molecule has 1 N–H and O–H groups in total. The van der Waals surface area contributed by atoms with Crippen LogP contribution in [-0.2, 0) is 0 Å². The molecule has 0 aliphatic carbocycles. The number of anilines is 1. The number of nitrogens with zero attached hydrogens (tertiary/aromatic N) is 6. The van der Waals surface area contributed by atoms with Gasteiger partial charge in [-0.1, -0.05) is 17.7 Å². The summed E-state index contributed by atoms with van der Waals surface area (Å²) in [5.74, 6) is -1.00. The van der Waals surface area contributed by atoms with E-state index >= 15 is 0 Å². The van der Waals surface area contributed by atoms with Crippen LogP contribution in [0, 0.1) is 26.6 Å². The van der Waals surface area contributed by atoms with Gasteiger partial charge in [0.2, 0.25) is 0 Å². The molecule has 146 valence electrons. The van der Waals surface area contributed by atoms with Crippen molar-refractivity contribution in [1.82, 2.24) is 29.8 Å². The molecule has 0 unspecified atom stereocenters. The fourth-order valence-corrected chi connectivity index (χ4v) is 3.02. The molecule has 0 spiro atoms. The Hall–Kier alpha value is -3.88. The molecule has 0 saturated heterocycles. The van der Waals surface area contributed by atoms with Crippen molar-refractivity contribution in [2.75, 3.05) is 5.32 Å². The Kier molecular flexibility index (Phi) is 4.63. The summed E-state index contributed by atoms with van der Waals surface area (Å²) in [5.41, 5.74) is 4.10. The number of hydrogen-bond acceptors (Lipinski definition) is 5. The van der Waals surface area contributed by atoms with Gasteiger partial charge in [0.15, 0.2) is 11.5 Å². The fourth-order valence-electron chi connectivity index (χ4n) is 3.02. The maximum Gasteiger partial charge on any atom is 0.278 e. The van der Waals surface area contributed by atoms with Crippen molar-refractivity contribution in [2.24, 2.45) is 0 Å². The molecular weight excluding hydrogens is 373 g/mol. The lowest BCUT2D eigenvalue weighted by atomic mass is 10.1. The largest absolute Gasteiger partial charge is 0.320 e. The predicted octanol–water partition coefficient (Wildman–Crippen LogP) is 3.16. The van der Waals surface area contributed by atoms with E-state index < -0.39 is 11.7 Å². The first-order valence-electron chi connectivity index (χ1n) is 8.90. The van der Waals surface area contributed by atoms with E-state index in [0.29, 0.717) is 11.4 Å². The Morgan fingerprint density at radius 1 is 1.03 bits per heavy atom. The van der Waals surface area contributed by atoms with Gasteiger partial charge in [0.05, 0.1) is 11.4 Å². The van der Waals surface area contributed by atoms with Crippen molar-refractivity contribution in [2.45, 2.75) is 20.8 Å². The van der Waals surface area contributed by atoms with Crippen LogP contribution < -0.4 is 5.32 Å². The lowest BCUT2D eigenvalue weighted by Crippen LogP contribution is -2.14. The highest BCUT2D eigenvalue weighted by Gasteiger charge is 2.18. The van der Waals surface area contributed by atoms with Crippen LogP contribution >= 0.6 is 0 Å². The average molecular weight is 391 g/mol. The van der Waals surface area contributed by atoms with E-state index in [4.69, 9.17) is 0 Å². The number of hydrogen-bond donors (Lipinski definition) is 1. The molecule has 4 rings (SSSR count). The highest BCUT2D eigenvalue weighted by molar-refractivity contribution is 6.03. The number of amides is 1. The molecule has 0 fully saturated rings. The lowest BCUT2D eigenvalue weighted by molar-refractivity contribution is 0.102. The number of nitrogens with one attached hydrogen (secondary N) is 1. The second kappa shape index (κ2) is 7.27. The van der Waals surface area contributed by atoms with E-state index in [2.05, 4.69) is 25.6 Å². The van der Waals surface area contributed by atoms with E-state index in [-0.39, 0.29) is 11.4 Å². The van der Waals surface area contributed by atoms with Crippen molar-refractivity contribution in [3.8, 4) is 11.4 Å². The third-order valence-corrected chi connectivity index (χ3v) is 4.44. The molecule has 0 radical (unpaired) electrons. The summed E-state index contributed by atoms with van der Waals surface area (Å²) in [4.78, 5) is 17.9. The van der Waals surface area contributed by atoms with Crippen LogP contribution in [-0.4, -0.2) is 35.7 Å². The number of benzene rings is 2. The third-order valence-electron chi connectivity index (χ3n) is 4.44. The van der Waals surface area contributed by atoms with Gasteiger partial charge in [0.1, 0.15) is 18.3 Å². The van der Waals surface area contributed by atoms with Gasteiger partial charge in [-0.3, -0.25) is 4.79 Å². The number of carbonyl (C=O) groups is 1. The van der Waals surface area contributed by atoms with E-state index in [0.717, 1.165) is 16.8 Å². The van der Waals surface area contributed by atoms with Gasteiger partial charge in [-0.05, 0) is 50.6 Å². The molecule has 1 amide bonds. The van der Waals surface area contributed by atoms with E-state index in [1.807, 2.05) is 32.0 Å². The monoisotopic (exact) mass is 391 g/mol. The number of aromatic nitrogens is 6. The fraction of sp³-hybridized carbons (Fsp3) is 0.150. The summed E-state index contributed by atoms with van der Waals surface area (Å²) in [5, 5.41) is 15.2. The van der Waals surface area contributed by atoms with Crippen LogP contribution in [0.15, 0.2) is 49.1 Å². The summed E-state index contributed by atoms with van der Waals surface area (Å²) in [6.07, 6.45) is 2.71. The molecule has 0 aliphatic heterocycles. The smallest absolute Gasteiger partial charge is 0.278 e. The molecule has 0 aliphatic rings. The first-order chi connectivity index (χ1) is 13.9. The summed E-state index contributed by atoms with van der Waals surface area (Å²) in [7, 11) is 0. The van der Waals surface area contributed by atoms with Crippen molar-refractivity contribution in [3.05, 3.63) is 77.4 Å². The van der Waals surface area contributed by atoms with Gasteiger partial charge >= 0.3 is 0 Å². The first-order valence-corrected chi connectivity index (χ1v) is 8.90. The summed E-state index contributed by atoms with van der Waals surface area (Å²) >= 11 is 0. The zero-order chi connectivity index (χ0) is 20.5. The number of halogens is 1. The van der Waals surface area contributed by atoms with Crippen molar-refractivity contribution in [1.29, 1.82) is 0 Å². The zero-order valence-corrected chi connectivity index (χ0v) is 16.1. The maximum atomic E-state index is 14.4. The van der Waals surface area contributed by atoms with Crippen molar-refractivity contribution < 1.29 is 9.18 Å². The molecule has 2 heterocycles. The van der Waals surface area contributed by atoms with Crippen LogP contribution in [0.2, 0.25) is 0 Å². The Bertz CT molecular complexity index is 1200. The molecule has 29 heavy (non-hydrogen) atoms. The summed E-state index contributed by atoms with van der Waals surface area (Å²) in [6.45, 7) is 5.67. The van der Waals surface area contributed by atoms with Crippen LogP contribution in [0.1, 0.15) is 27.3 Å². The van der Waals surface area contributed by atoms with E-state index in [9.17, 15) is 9.18 Å². The highest BCUT2D eigenvalue weighted by Crippen LogP contribution is 2.19. The molecule has 9 heteroatoms. The van der Waals surface area contributed by atoms with Crippen LogP contribution in [0.4, 0.5) is 10.1 Å². The minimum atomic E-state index is -0.538. The maximum absolute atomic E-state index is 14.4. The summed E-state index contributed by atoms with van der Waals surface area (Å²) < 4.78 is 15.7. The molecular formula is C20H18FN7O. The molecule has 0 bridgehead atoms. The standard InChI is InChI=1S/C20H18FN7O/c1-12-4-6-17(13(2)8-12)28-25-14(3)19(26-28)20(29)24-15-5-7-18(16(21)9-15)27-11-22-10-23-27/h4-11H,1-3H3,(H,24,29). The molecule has 4 aromatic rings. The Morgan fingerprint density at radius 3 is 2.52 bits per heavy atom. The predicted molar refractivity (Wildman–Crippen MR) is 105 cm³/mol. The Balaban J connectivity index is 1.58. The van der Waals surface area contributed by atoms with Gasteiger partial charge in [-0.25, -0.2) is 14.1 Å². The minimum Gasteiger partial charge on any atom is -0.320 e. The van der Waals surface area contributed by atoms with Gasteiger partial charge in [-0.2, -0.15) is 15.0 Å². The van der Waals surface area contributed by atoms with E-state index in [1.54, 1.807) is 13.0 Å². The quantitative estimate of drug-likeness (QED) is 0.577. The van der Waals surface area contributed by atoms with Gasteiger partial charge in [-0.15, -0.1) is 5.10 Å². The summed E-state index contributed by atoms with van der Waals surface area (Å²) in [6, 6.07) is 10.2. The highest BCUT2D eigenvalue weighted by atomic mass is 19.1. The van der Waals surface area contributed by atoms with Crippen LogP contribution in [0.5, 0.6) is 0 Å². The topological polar surface area (TPSA) is 90.5 Å². The lowest BCUT2D eigenvalue weighted by Gasteiger charge is -2.07. The van der Waals surface area contributed by atoms with Crippen LogP contribution in [0.25, 0.3) is 11.4 Å². The van der Waals surface area contributed by atoms with Crippen molar-refractivity contribution >= 4 is 11.6 Å². The second-order valence-electron chi connectivity index (χ2n) is 6.67. The third kappa shape index (κ3) is 3.62. The molecule has 8 nitrogen and oxygen atoms in total. The van der Waals surface area contributed by atoms with Crippen LogP contribution in [0.3, 0.4) is 0 Å². The minimum absolute atomic E-state index is 0.172. The Labute approximate surface area is 166 Å².